The molecule has 0 saturated carbocycles. The van der Waals surface area contributed by atoms with Crippen LogP contribution in [-0.2, 0) is 11.2 Å². The van der Waals surface area contributed by atoms with Crippen LogP contribution < -0.4 is 0 Å². The summed E-state index contributed by atoms with van der Waals surface area (Å²) in [7, 11) is 0. The lowest BCUT2D eigenvalue weighted by molar-refractivity contribution is -0.122. The number of aromatic hydroxyl groups is 1. The van der Waals surface area contributed by atoms with Gasteiger partial charge in [-0.1, -0.05) is 92.8 Å². The van der Waals surface area contributed by atoms with E-state index in [4.69, 9.17) is 5.11 Å². The van der Waals surface area contributed by atoms with Gasteiger partial charge in [0.05, 0.1) is 0 Å². The van der Waals surface area contributed by atoms with E-state index < -0.39 is 5.97 Å². The van der Waals surface area contributed by atoms with Crippen molar-refractivity contribution in [2.75, 3.05) is 0 Å². The predicted octanol–water partition coefficient (Wildman–Crippen LogP) is 8.32. The molecule has 1 atom stereocenters. The first kappa shape index (κ1) is 30.6. The lowest BCUT2D eigenvalue weighted by Crippen LogP contribution is -2.16. The highest BCUT2D eigenvalue weighted by Crippen LogP contribution is 2.21. The van der Waals surface area contributed by atoms with Gasteiger partial charge in [-0.15, -0.1) is 0 Å². The number of ketones is 1. The van der Waals surface area contributed by atoms with Crippen LogP contribution in [0.2, 0.25) is 0 Å². The van der Waals surface area contributed by atoms with Crippen molar-refractivity contribution in [3.8, 4) is 5.75 Å². The second-order valence-electron chi connectivity index (χ2n) is 8.56. The molecule has 2 N–H and O–H groups in total. The summed E-state index contributed by atoms with van der Waals surface area (Å²) in [5.41, 5.74) is 0.432. The number of Topliss-reactive ketones (excluding diaryl/α,β-unsaturated/α-hetero) is 1. The van der Waals surface area contributed by atoms with Crippen molar-refractivity contribution < 1.29 is 19.8 Å². The molecule has 0 bridgehead atoms. The molecule has 1 aromatic rings. The first-order valence-electron chi connectivity index (χ1n) is 13.0. The normalized spacial score (nSPS) is 13.4. The van der Waals surface area contributed by atoms with E-state index in [9.17, 15) is 14.7 Å². The molecule has 0 aliphatic rings. The fourth-order valence-corrected chi connectivity index (χ4v) is 3.52. The van der Waals surface area contributed by atoms with Gasteiger partial charge < -0.3 is 10.2 Å². The monoisotopic (exact) mass is 490 g/mol. The zero-order valence-corrected chi connectivity index (χ0v) is 21.8. The predicted molar refractivity (Wildman–Crippen MR) is 150 cm³/mol. The molecule has 0 radical (unpaired) electrons. The van der Waals surface area contributed by atoms with E-state index in [-0.39, 0.29) is 29.4 Å². The number of hydrogen-bond donors (Lipinski definition) is 2. The molecular weight excluding hydrogens is 448 g/mol. The van der Waals surface area contributed by atoms with Gasteiger partial charge >= 0.3 is 5.97 Å². The second-order valence-corrected chi connectivity index (χ2v) is 8.56. The molecule has 0 amide bonds. The summed E-state index contributed by atoms with van der Waals surface area (Å²) in [6.07, 6.45) is 33.2. The second kappa shape index (κ2) is 19.9. The summed E-state index contributed by atoms with van der Waals surface area (Å²) in [5, 5.41) is 18.8. The van der Waals surface area contributed by atoms with Crippen LogP contribution in [0.3, 0.4) is 0 Å². The fraction of sp³-hybridized carbons (Fsp3) is 0.375. The van der Waals surface area contributed by atoms with Crippen LogP contribution in [0.4, 0.5) is 0 Å². The fourth-order valence-electron chi connectivity index (χ4n) is 3.52. The van der Waals surface area contributed by atoms with Crippen molar-refractivity contribution in [3.05, 3.63) is 102 Å². The molecule has 0 spiro atoms. The van der Waals surface area contributed by atoms with Crippen molar-refractivity contribution in [1.82, 2.24) is 0 Å². The number of rotatable bonds is 18. The molecule has 0 aromatic heterocycles. The molecule has 0 saturated heterocycles. The summed E-state index contributed by atoms with van der Waals surface area (Å²) < 4.78 is 0. The first-order valence-corrected chi connectivity index (χ1v) is 13.0. The van der Waals surface area contributed by atoms with Gasteiger partial charge in [-0.05, 0) is 69.1 Å². The molecule has 0 heterocycles. The number of aromatic carboxylic acids is 1. The number of carbonyl (C=O) groups is 2. The third kappa shape index (κ3) is 14.1. The van der Waals surface area contributed by atoms with E-state index in [1.54, 1.807) is 6.07 Å². The number of benzene rings is 1. The largest absolute Gasteiger partial charge is 0.507 e. The zero-order chi connectivity index (χ0) is 26.4. The number of carboxylic acids is 1. The SMILES string of the molecule is CC/C=C\C/C=C\C/C=C\C/C=C\C/C=C\C/C=C\CC(CC)C(=O)Cc1ccc(O)c(C(=O)O)c1. The first-order chi connectivity index (χ1) is 17.5. The van der Waals surface area contributed by atoms with Crippen molar-refractivity contribution in [1.29, 1.82) is 0 Å². The van der Waals surface area contributed by atoms with Crippen LogP contribution in [0.5, 0.6) is 5.75 Å². The maximum Gasteiger partial charge on any atom is 0.339 e. The minimum Gasteiger partial charge on any atom is -0.507 e. The zero-order valence-electron chi connectivity index (χ0n) is 21.8. The van der Waals surface area contributed by atoms with E-state index in [2.05, 4.69) is 73.8 Å². The Balaban J connectivity index is 2.26. The lowest BCUT2D eigenvalue weighted by atomic mass is 9.92. The van der Waals surface area contributed by atoms with Crippen LogP contribution >= 0.6 is 0 Å². The van der Waals surface area contributed by atoms with Crippen LogP contribution in [0.1, 0.15) is 81.1 Å². The molecule has 0 fully saturated rings. The maximum atomic E-state index is 12.6. The van der Waals surface area contributed by atoms with E-state index in [0.29, 0.717) is 12.0 Å². The quantitative estimate of drug-likeness (QED) is 0.203. The minimum absolute atomic E-state index is 0.0825. The van der Waals surface area contributed by atoms with Crippen molar-refractivity contribution in [3.63, 3.8) is 0 Å². The topological polar surface area (TPSA) is 74.6 Å². The molecule has 4 nitrogen and oxygen atoms in total. The van der Waals surface area contributed by atoms with E-state index in [0.717, 1.165) is 44.9 Å². The Hall–Kier alpha value is -3.40. The summed E-state index contributed by atoms with van der Waals surface area (Å²) in [6.45, 7) is 4.13. The van der Waals surface area contributed by atoms with Gasteiger partial charge in [-0.2, -0.15) is 0 Å². The number of allylic oxidation sites excluding steroid dienone is 12. The Bertz CT molecular complexity index is 960. The highest BCUT2D eigenvalue weighted by molar-refractivity contribution is 5.91. The summed E-state index contributed by atoms with van der Waals surface area (Å²) in [6, 6.07) is 4.31. The van der Waals surface area contributed by atoms with Crippen molar-refractivity contribution in [2.45, 2.75) is 71.6 Å². The third-order valence-corrected chi connectivity index (χ3v) is 5.63. The minimum atomic E-state index is -1.20. The molecule has 1 rings (SSSR count). The van der Waals surface area contributed by atoms with Gasteiger partial charge in [0.15, 0.2) is 0 Å². The third-order valence-electron chi connectivity index (χ3n) is 5.63. The molecule has 1 unspecified atom stereocenters. The number of carboxylic acid groups (broad SMARTS) is 1. The molecule has 0 aliphatic carbocycles. The van der Waals surface area contributed by atoms with E-state index >= 15 is 0 Å². The van der Waals surface area contributed by atoms with Crippen LogP contribution in [0, 0.1) is 5.92 Å². The van der Waals surface area contributed by atoms with Gasteiger partial charge in [-0.3, -0.25) is 4.79 Å². The van der Waals surface area contributed by atoms with Gasteiger partial charge in [0, 0.05) is 12.3 Å². The van der Waals surface area contributed by atoms with Crippen molar-refractivity contribution >= 4 is 11.8 Å². The Morgan fingerprint density at radius 1 is 0.750 bits per heavy atom. The van der Waals surface area contributed by atoms with E-state index in [1.807, 2.05) is 13.0 Å². The van der Waals surface area contributed by atoms with Crippen LogP contribution in [-0.4, -0.2) is 22.0 Å². The van der Waals surface area contributed by atoms with Gasteiger partial charge in [0.2, 0.25) is 0 Å². The average Bonchev–Trinajstić information content (AvgIpc) is 2.86. The van der Waals surface area contributed by atoms with Crippen molar-refractivity contribution in [2.24, 2.45) is 5.92 Å². The summed E-state index contributed by atoms with van der Waals surface area (Å²) in [4.78, 5) is 23.8. The summed E-state index contributed by atoms with van der Waals surface area (Å²) in [5.74, 6) is -1.51. The lowest BCUT2D eigenvalue weighted by Gasteiger charge is -2.12. The smallest absolute Gasteiger partial charge is 0.339 e. The molecular formula is C32H42O4. The maximum absolute atomic E-state index is 12.6. The standard InChI is InChI=1S/C32H42O4/c1-3-5-6-7-8-9-10-11-12-13-14-15-16-17-18-19-20-21-22-28(4-2)31(34)26-27-23-24-30(33)29(25-27)32(35)36/h5-6,8-9,11-12,14-15,17-18,20-21,23-25,28,33H,3-4,7,10,13,16,19,22,26H2,1-2H3,(H,35,36)/b6-5-,9-8-,12-11-,15-14-,18-17-,21-20-. The molecule has 194 valence electrons. The molecule has 36 heavy (non-hydrogen) atoms. The molecule has 0 aliphatic heterocycles. The van der Waals surface area contributed by atoms with Gasteiger partial charge in [0.25, 0.3) is 0 Å². The number of hydrogen-bond acceptors (Lipinski definition) is 3. The van der Waals surface area contributed by atoms with Crippen LogP contribution in [0.15, 0.2) is 91.1 Å². The highest BCUT2D eigenvalue weighted by atomic mass is 16.4. The van der Waals surface area contributed by atoms with Crippen LogP contribution in [0.25, 0.3) is 0 Å². The molecule has 4 heteroatoms. The Morgan fingerprint density at radius 2 is 1.22 bits per heavy atom. The highest BCUT2D eigenvalue weighted by Gasteiger charge is 2.17. The van der Waals surface area contributed by atoms with Gasteiger partial charge in [0.1, 0.15) is 17.1 Å². The Morgan fingerprint density at radius 3 is 1.67 bits per heavy atom. The molecule has 1 aromatic carbocycles. The summed E-state index contributed by atoms with van der Waals surface area (Å²) >= 11 is 0. The Labute approximate surface area is 217 Å². The number of carbonyl (C=O) groups excluding carboxylic acids is 1. The van der Waals surface area contributed by atoms with E-state index in [1.165, 1.54) is 12.1 Å². The van der Waals surface area contributed by atoms with Gasteiger partial charge in [-0.25, -0.2) is 4.79 Å². The number of phenols is 1. The Kier molecular flexibility index (Phi) is 16.9. The average molecular weight is 491 g/mol.